The van der Waals surface area contributed by atoms with Gasteiger partial charge >= 0.3 is 0 Å². The number of hydrogen-bond acceptors (Lipinski definition) is 8. The van der Waals surface area contributed by atoms with Crippen LogP contribution in [0.15, 0.2) is 5.11 Å². The van der Waals surface area contributed by atoms with Gasteiger partial charge in [0, 0.05) is 42.7 Å². The van der Waals surface area contributed by atoms with Crippen LogP contribution in [0.3, 0.4) is 0 Å². The van der Waals surface area contributed by atoms with Gasteiger partial charge in [0.2, 0.25) is 17.7 Å². The van der Waals surface area contributed by atoms with E-state index in [2.05, 4.69) is 71.2 Å². The van der Waals surface area contributed by atoms with Crippen molar-refractivity contribution in [1.82, 2.24) is 16.0 Å². The zero-order valence-electron chi connectivity index (χ0n) is 17.4. The highest BCUT2D eigenvalue weighted by molar-refractivity contribution is 14.1. The van der Waals surface area contributed by atoms with E-state index in [4.69, 9.17) is 15.7 Å². The molecule has 6 atom stereocenters. The molecule has 0 aliphatic heterocycles. The van der Waals surface area contributed by atoms with Crippen molar-refractivity contribution in [1.29, 1.82) is 0 Å². The number of hydrogen-bond donors (Lipinski definition) is 7. The van der Waals surface area contributed by atoms with Crippen molar-refractivity contribution in [2.75, 3.05) is 32.8 Å². The van der Waals surface area contributed by atoms with Crippen LogP contribution >= 0.6 is 67.8 Å². The number of nitrogens with zero attached hydrogens (tertiary/aromatic N) is 3. The average Bonchev–Trinajstić information content (AvgIpc) is 2.78. The highest BCUT2D eigenvalue weighted by Gasteiger charge is 2.53. The maximum Gasteiger partial charge on any atom is 0.225 e. The molecule has 0 aromatic carbocycles. The number of nitrogens with one attached hydrogen (secondary N) is 3. The van der Waals surface area contributed by atoms with Gasteiger partial charge in [0.1, 0.15) is 0 Å². The van der Waals surface area contributed by atoms with Crippen LogP contribution in [0, 0.1) is 11.8 Å². The molecule has 13 nitrogen and oxygen atoms in total. The smallest absolute Gasteiger partial charge is 0.225 e. The van der Waals surface area contributed by atoms with Crippen LogP contribution in [0.2, 0.25) is 0 Å². The van der Waals surface area contributed by atoms with Crippen molar-refractivity contribution >= 4 is 85.5 Å². The molecule has 1 aliphatic rings. The third-order valence-corrected chi connectivity index (χ3v) is 9.59. The predicted octanol–water partition coefficient (Wildman–Crippen LogP) is -1.23. The summed E-state index contributed by atoms with van der Waals surface area (Å²) in [5.74, 6) is -2.74. The molecule has 0 aromatic rings. The van der Waals surface area contributed by atoms with Crippen LogP contribution in [0.4, 0.5) is 0 Å². The molecular weight excluding hydrogens is 781 g/mol. The molecule has 0 bridgehead atoms. The molecule has 6 unspecified atom stereocenters. The van der Waals surface area contributed by atoms with E-state index >= 15 is 0 Å². The van der Waals surface area contributed by atoms with Gasteiger partial charge < -0.3 is 36.4 Å². The lowest BCUT2D eigenvalue weighted by Gasteiger charge is -2.45. The maximum atomic E-state index is 13.0. The Kier molecular flexibility index (Phi) is 14.6. The first-order valence-corrected chi connectivity index (χ1v) is 13.7. The van der Waals surface area contributed by atoms with E-state index in [1.807, 2.05) is 22.6 Å². The molecule has 1 rings (SSSR count). The molecule has 33 heavy (non-hydrogen) atoms. The monoisotopic (exact) mass is 808 g/mol. The van der Waals surface area contributed by atoms with Gasteiger partial charge in [-0.25, -0.2) is 0 Å². The first-order valence-electron chi connectivity index (χ1n) is 9.94. The molecular formula is C17H27I3N6O7. The van der Waals surface area contributed by atoms with Gasteiger partial charge in [0.25, 0.3) is 0 Å². The molecule has 16 heteroatoms. The Morgan fingerprint density at radius 3 is 1.76 bits per heavy atom. The van der Waals surface area contributed by atoms with Crippen LogP contribution < -0.4 is 16.0 Å². The molecule has 3 amide bonds. The maximum absolute atomic E-state index is 13.0. The fourth-order valence-corrected chi connectivity index (χ4v) is 9.92. The van der Waals surface area contributed by atoms with Gasteiger partial charge in [-0.2, -0.15) is 0 Å². The zero-order valence-corrected chi connectivity index (χ0v) is 23.8. The van der Waals surface area contributed by atoms with Gasteiger partial charge in [-0.15, -0.1) is 0 Å². The first kappa shape index (κ1) is 30.8. The summed E-state index contributed by atoms with van der Waals surface area (Å²) in [5, 5.41) is 48.5. The average molecular weight is 808 g/mol. The SMILES string of the molecule is [N-]=[N+]=NCCC(=O)NC1C(I)C(C(=O)NCC(O)CO)C(I)C(C(=O)NCC(O)CO)C1I. The minimum absolute atomic E-state index is 0.0340. The lowest BCUT2D eigenvalue weighted by Crippen LogP contribution is -2.64. The van der Waals surface area contributed by atoms with E-state index in [9.17, 15) is 24.6 Å². The Hall–Kier alpha value is -0.250. The topological polar surface area (TPSA) is 217 Å². The highest BCUT2D eigenvalue weighted by atomic mass is 127. The number of alkyl halides is 3. The molecule has 188 valence electrons. The van der Waals surface area contributed by atoms with Crippen LogP contribution in [0.25, 0.3) is 10.4 Å². The standard InChI is InChI=1S/C17H27I3N6O7/c18-12-10(16(32)22-3-7(29)5-27)13(19)15(25-9(31)1-2-24-26-21)14(20)11(12)17(33)23-4-8(30)6-28/h7-8,10-15,27-30H,1-6H2,(H,22,32)(H,23,33)(H,25,31). The fraction of sp³-hybridized carbons (Fsp3) is 0.824. The van der Waals surface area contributed by atoms with Crippen molar-refractivity contribution in [2.24, 2.45) is 17.0 Å². The van der Waals surface area contributed by atoms with Crippen molar-refractivity contribution < 1.29 is 34.8 Å². The van der Waals surface area contributed by atoms with Gasteiger partial charge in [0.05, 0.1) is 43.3 Å². The summed E-state index contributed by atoms with van der Waals surface area (Å²) in [4.78, 5) is 41.0. The summed E-state index contributed by atoms with van der Waals surface area (Å²) in [6.45, 7) is -1.42. The Labute approximate surface area is 231 Å². The molecule has 7 N–H and O–H groups in total. The molecule has 1 saturated carbocycles. The number of amides is 3. The number of azide groups is 1. The van der Waals surface area contributed by atoms with E-state index in [1.54, 1.807) is 0 Å². The molecule has 0 heterocycles. The normalized spacial score (nSPS) is 28.7. The van der Waals surface area contributed by atoms with Crippen molar-refractivity contribution in [2.45, 2.75) is 36.4 Å². The zero-order chi connectivity index (χ0) is 25.1. The summed E-state index contributed by atoms with van der Waals surface area (Å²) in [6, 6.07) is -0.590. The van der Waals surface area contributed by atoms with Crippen LogP contribution in [0.1, 0.15) is 6.42 Å². The Morgan fingerprint density at radius 1 is 0.909 bits per heavy atom. The molecule has 0 radical (unpaired) electrons. The largest absolute Gasteiger partial charge is 0.394 e. The van der Waals surface area contributed by atoms with Crippen molar-refractivity contribution in [3.63, 3.8) is 0 Å². The van der Waals surface area contributed by atoms with Gasteiger partial charge in [-0.3, -0.25) is 14.4 Å². The summed E-state index contributed by atoms with van der Waals surface area (Å²) < 4.78 is -1.35. The third-order valence-electron chi connectivity index (χ3n) is 4.94. The Balaban J connectivity index is 3.13. The minimum atomic E-state index is -1.13. The van der Waals surface area contributed by atoms with Crippen LogP contribution in [0.5, 0.6) is 0 Å². The number of rotatable bonds is 12. The quantitative estimate of drug-likeness (QED) is 0.0419. The molecule has 0 aromatic heterocycles. The first-order chi connectivity index (χ1) is 15.6. The second kappa shape index (κ2) is 15.7. The summed E-state index contributed by atoms with van der Waals surface area (Å²) in [5.41, 5.74) is 8.39. The van der Waals surface area contributed by atoms with E-state index in [0.717, 1.165) is 0 Å². The fourth-order valence-electron chi connectivity index (χ4n) is 3.19. The highest BCUT2D eigenvalue weighted by Crippen LogP contribution is 2.43. The second-order valence-corrected chi connectivity index (χ2v) is 11.7. The molecule has 0 saturated heterocycles. The van der Waals surface area contributed by atoms with Crippen molar-refractivity contribution in [3.05, 3.63) is 10.4 Å². The minimum Gasteiger partial charge on any atom is -0.394 e. The van der Waals surface area contributed by atoms with Crippen LogP contribution in [-0.4, -0.2) is 101 Å². The number of aliphatic hydroxyl groups excluding tert-OH is 4. The number of carbonyl (C=O) groups is 3. The van der Waals surface area contributed by atoms with E-state index in [1.165, 1.54) is 0 Å². The summed E-state index contributed by atoms with van der Waals surface area (Å²) >= 11 is 6.14. The third kappa shape index (κ3) is 9.37. The van der Waals surface area contributed by atoms with Gasteiger partial charge in [-0.1, -0.05) is 72.9 Å². The Bertz CT molecular complexity index is 689. The lowest BCUT2D eigenvalue weighted by atomic mass is 9.77. The number of carbonyl (C=O) groups excluding carboxylic acids is 3. The van der Waals surface area contributed by atoms with E-state index < -0.39 is 72.8 Å². The van der Waals surface area contributed by atoms with Crippen molar-refractivity contribution in [3.8, 4) is 0 Å². The molecule has 0 spiro atoms. The number of aliphatic hydroxyl groups is 4. The number of halogens is 3. The Morgan fingerprint density at radius 2 is 1.36 bits per heavy atom. The van der Waals surface area contributed by atoms with Crippen LogP contribution in [-0.2, 0) is 14.4 Å². The predicted molar refractivity (Wildman–Crippen MR) is 143 cm³/mol. The van der Waals surface area contributed by atoms with E-state index in [0.29, 0.717) is 0 Å². The molecule has 1 aliphatic carbocycles. The van der Waals surface area contributed by atoms with Gasteiger partial charge in [0.15, 0.2) is 0 Å². The van der Waals surface area contributed by atoms with E-state index in [-0.39, 0.29) is 26.1 Å². The van der Waals surface area contributed by atoms with Gasteiger partial charge in [-0.05, 0) is 5.53 Å². The summed E-state index contributed by atoms with van der Waals surface area (Å²) in [7, 11) is 0. The molecule has 1 fully saturated rings. The lowest BCUT2D eigenvalue weighted by molar-refractivity contribution is -0.131. The second-order valence-electron chi connectivity index (χ2n) is 7.35. The summed E-state index contributed by atoms with van der Waals surface area (Å²) in [6.07, 6.45) is -2.32.